The van der Waals surface area contributed by atoms with E-state index in [2.05, 4.69) is 15.1 Å². The zero-order valence-electron chi connectivity index (χ0n) is 17.2. The van der Waals surface area contributed by atoms with Gasteiger partial charge in [-0.25, -0.2) is 9.24 Å². The Morgan fingerprint density at radius 2 is 1.81 bits per heavy atom. The topological polar surface area (TPSA) is 102 Å². The number of ether oxygens (including phenoxy) is 1. The summed E-state index contributed by atoms with van der Waals surface area (Å²) in [5, 5.41) is 5.38. The van der Waals surface area contributed by atoms with Crippen LogP contribution in [-0.2, 0) is 21.1 Å². The minimum absolute atomic E-state index is 0.219. The average Bonchev–Trinajstić information content (AvgIpc) is 3.11. The molecule has 170 valence electrons. The fraction of sp³-hybridized carbons (Fsp3) is 0.368. The van der Waals surface area contributed by atoms with E-state index in [1.54, 1.807) is 42.2 Å². The van der Waals surface area contributed by atoms with E-state index in [9.17, 15) is 14.2 Å². The van der Waals surface area contributed by atoms with Crippen molar-refractivity contribution >= 4 is 48.4 Å². The molecule has 0 saturated heterocycles. The van der Waals surface area contributed by atoms with Crippen molar-refractivity contribution in [3.05, 3.63) is 48.3 Å². The molecule has 1 aromatic heterocycles. The van der Waals surface area contributed by atoms with Crippen molar-refractivity contribution in [1.29, 1.82) is 0 Å². The minimum atomic E-state index is -3.68. The second-order valence-corrected chi connectivity index (χ2v) is 9.12. The summed E-state index contributed by atoms with van der Waals surface area (Å²) in [6.45, 7) is 0.271. The maximum Gasteiger partial charge on any atom is 0.419 e. The summed E-state index contributed by atoms with van der Waals surface area (Å²) < 4.78 is 27.3. The van der Waals surface area contributed by atoms with Crippen LogP contribution in [0.15, 0.2) is 42.6 Å². The smallest absolute Gasteiger partial charge is 0.419 e. The number of halogens is 2. The summed E-state index contributed by atoms with van der Waals surface area (Å²) in [5.41, 5.74) is 0.637. The van der Waals surface area contributed by atoms with Crippen molar-refractivity contribution < 1.29 is 23.4 Å². The first-order valence-corrected chi connectivity index (χ1v) is 12.0. The van der Waals surface area contributed by atoms with Gasteiger partial charge in [-0.3, -0.25) is 14.7 Å². The number of amides is 1. The number of esters is 1. The number of nitrogens with one attached hydrogen (secondary N) is 2. The standard InChI is InChI=1S/C19H25Cl2N4O5P/c1-24-14-15(12-17(24)19(27)22-13-18(26)29-2)23-31(28,25(10-8-20)11-9-21)30-16-6-4-3-5-7-16/h3-7,12,14H,8-11,13H2,1-2H3,(H,22,27)(H,23,28). The molecule has 1 atom stereocenters. The number of aryl methyl sites for hydroxylation is 1. The molecular formula is C19H25Cl2N4O5P. The normalized spacial score (nSPS) is 12.8. The first-order chi connectivity index (χ1) is 14.8. The number of hydrogen-bond acceptors (Lipinski definition) is 5. The number of alkyl halides is 2. The van der Waals surface area contributed by atoms with Crippen molar-refractivity contribution in [2.75, 3.05) is 43.6 Å². The van der Waals surface area contributed by atoms with Gasteiger partial charge >= 0.3 is 13.6 Å². The maximum absolute atomic E-state index is 13.9. The number of hydrogen-bond donors (Lipinski definition) is 2. The molecule has 2 aromatic rings. The number of methoxy groups -OCH3 is 1. The van der Waals surface area contributed by atoms with E-state index in [0.29, 0.717) is 11.4 Å². The van der Waals surface area contributed by atoms with E-state index < -0.39 is 19.5 Å². The number of para-hydroxylation sites is 1. The van der Waals surface area contributed by atoms with Crippen LogP contribution in [0.3, 0.4) is 0 Å². The van der Waals surface area contributed by atoms with Gasteiger partial charge in [-0.1, -0.05) is 18.2 Å². The quantitative estimate of drug-likeness (QED) is 0.267. The van der Waals surface area contributed by atoms with Crippen LogP contribution in [0.5, 0.6) is 5.75 Å². The minimum Gasteiger partial charge on any atom is -0.468 e. The molecule has 1 amide bonds. The predicted molar refractivity (Wildman–Crippen MR) is 121 cm³/mol. The van der Waals surface area contributed by atoms with Crippen LogP contribution in [-0.4, -0.2) is 59.6 Å². The molecule has 1 aromatic carbocycles. The molecule has 0 radical (unpaired) electrons. The molecule has 0 bridgehead atoms. The van der Waals surface area contributed by atoms with Gasteiger partial charge in [0.15, 0.2) is 0 Å². The van der Waals surface area contributed by atoms with Gasteiger partial charge in [-0.2, -0.15) is 0 Å². The van der Waals surface area contributed by atoms with Crippen LogP contribution in [0.4, 0.5) is 5.69 Å². The zero-order valence-corrected chi connectivity index (χ0v) is 19.6. The van der Waals surface area contributed by atoms with E-state index in [1.807, 2.05) is 6.07 Å². The lowest BCUT2D eigenvalue weighted by molar-refractivity contribution is -0.139. The molecule has 0 saturated carbocycles. The number of aromatic nitrogens is 1. The summed E-state index contributed by atoms with van der Waals surface area (Å²) in [5.74, 6) is -0.218. The molecule has 1 heterocycles. The molecule has 9 nitrogen and oxygen atoms in total. The second kappa shape index (κ2) is 12.0. The van der Waals surface area contributed by atoms with E-state index in [-0.39, 0.29) is 37.1 Å². The van der Waals surface area contributed by atoms with Gasteiger partial charge in [-0.05, 0) is 18.2 Å². The fourth-order valence-corrected chi connectivity index (χ4v) is 5.20. The molecular weight excluding hydrogens is 466 g/mol. The van der Waals surface area contributed by atoms with Gasteiger partial charge in [0.2, 0.25) is 0 Å². The molecule has 1 unspecified atom stereocenters. The van der Waals surface area contributed by atoms with Crippen LogP contribution in [0.2, 0.25) is 0 Å². The largest absolute Gasteiger partial charge is 0.468 e. The molecule has 0 aliphatic heterocycles. The van der Waals surface area contributed by atoms with Gasteiger partial charge < -0.3 is 19.1 Å². The van der Waals surface area contributed by atoms with Gasteiger partial charge in [-0.15, -0.1) is 23.2 Å². The van der Waals surface area contributed by atoms with Crippen molar-refractivity contribution in [3.63, 3.8) is 0 Å². The first kappa shape index (κ1) is 25.1. The maximum atomic E-state index is 13.9. The predicted octanol–water partition coefficient (Wildman–Crippen LogP) is 3.31. The van der Waals surface area contributed by atoms with Crippen LogP contribution in [0.25, 0.3) is 0 Å². The van der Waals surface area contributed by atoms with E-state index >= 15 is 0 Å². The lowest BCUT2D eigenvalue weighted by atomic mass is 10.3. The highest BCUT2D eigenvalue weighted by atomic mass is 35.5. The Hall–Kier alpha value is -2.19. The molecule has 0 aliphatic rings. The molecule has 0 fully saturated rings. The Labute approximate surface area is 191 Å². The van der Waals surface area contributed by atoms with Crippen LogP contribution < -0.4 is 14.9 Å². The highest BCUT2D eigenvalue weighted by Gasteiger charge is 2.34. The summed E-state index contributed by atoms with van der Waals surface area (Å²) in [6, 6.07) is 10.2. The number of rotatable bonds is 12. The number of carbonyl (C=O) groups is 2. The molecule has 12 heteroatoms. The fourth-order valence-electron chi connectivity index (χ4n) is 2.68. The monoisotopic (exact) mass is 490 g/mol. The van der Waals surface area contributed by atoms with E-state index in [0.717, 1.165) is 0 Å². The van der Waals surface area contributed by atoms with Crippen molar-refractivity contribution in [3.8, 4) is 5.75 Å². The van der Waals surface area contributed by atoms with E-state index in [1.165, 1.54) is 17.7 Å². The zero-order chi connectivity index (χ0) is 22.9. The lowest BCUT2D eigenvalue weighted by Gasteiger charge is -2.30. The Morgan fingerprint density at radius 1 is 1.16 bits per heavy atom. The van der Waals surface area contributed by atoms with Crippen LogP contribution in [0, 0.1) is 0 Å². The molecule has 31 heavy (non-hydrogen) atoms. The second-order valence-electron chi connectivity index (χ2n) is 6.35. The molecule has 0 aliphatic carbocycles. The number of carbonyl (C=O) groups excluding carboxylic acids is 2. The lowest BCUT2D eigenvalue weighted by Crippen LogP contribution is -2.31. The summed E-state index contributed by atoms with van der Waals surface area (Å²) >= 11 is 11.8. The van der Waals surface area contributed by atoms with Gasteiger partial charge in [0, 0.05) is 38.1 Å². The third-order valence-electron chi connectivity index (χ3n) is 4.16. The Bertz CT molecular complexity index is 919. The summed E-state index contributed by atoms with van der Waals surface area (Å²) in [6.07, 6.45) is 1.59. The average molecular weight is 491 g/mol. The number of benzene rings is 1. The van der Waals surface area contributed by atoms with Gasteiger partial charge in [0.1, 0.15) is 18.0 Å². The van der Waals surface area contributed by atoms with Crippen molar-refractivity contribution in [2.24, 2.45) is 7.05 Å². The SMILES string of the molecule is COC(=O)CNC(=O)c1cc(NP(=O)(Oc2ccccc2)N(CCCl)CCCl)cn1C. The highest BCUT2D eigenvalue weighted by Crippen LogP contribution is 2.50. The van der Waals surface area contributed by atoms with Crippen LogP contribution in [0.1, 0.15) is 10.5 Å². The molecule has 2 rings (SSSR count). The molecule has 2 N–H and O–H groups in total. The first-order valence-electron chi connectivity index (χ1n) is 9.34. The third-order valence-corrected chi connectivity index (χ3v) is 6.64. The van der Waals surface area contributed by atoms with Gasteiger partial charge in [0.25, 0.3) is 5.91 Å². The Balaban J connectivity index is 2.28. The van der Waals surface area contributed by atoms with Crippen LogP contribution >= 0.6 is 30.9 Å². The van der Waals surface area contributed by atoms with Crippen molar-refractivity contribution in [1.82, 2.24) is 14.6 Å². The molecule has 0 spiro atoms. The number of nitrogens with zero attached hydrogens (tertiary/aromatic N) is 2. The Morgan fingerprint density at radius 3 is 2.39 bits per heavy atom. The van der Waals surface area contributed by atoms with Crippen molar-refractivity contribution in [2.45, 2.75) is 0 Å². The number of anilines is 1. The highest BCUT2D eigenvalue weighted by molar-refractivity contribution is 7.58. The summed E-state index contributed by atoms with van der Waals surface area (Å²) in [7, 11) is -0.802. The van der Waals surface area contributed by atoms with E-state index in [4.69, 9.17) is 27.7 Å². The third kappa shape index (κ3) is 7.18. The van der Waals surface area contributed by atoms with Gasteiger partial charge in [0.05, 0.1) is 12.8 Å². The Kier molecular flexibility index (Phi) is 9.71. The summed E-state index contributed by atoms with van der Waals surface area (Å²) in [4.78, 5) is 23.6.